The van der Waals surface area contributed by atoms with Gasteiger partial charge in [0.05, 0.1) is 6.04 Å². The van der Waals surface area contributed by atoms with Crippen molar-refractivity contribution in [1.82, 2.24) is 10.6 Å². The summed E-state index contributed by atoms with van der Waals surface area (Å²) in [4.78, 5) is 12.5. The van der Waals surface area contributed by atoms with Crippen molar-refractivity contribution >= 4 is 18.3 Å². The number of halogens is 1. The highest BCUT2D eigenvalue weighted by molar-refractivity contribution is 5.85. The fraction of sp³-hybridized carbons (Fsp3) is 0.588. The number of amides is 1. The van der Waals surface area contributed by atoms with Crippen molar-refractivity contribution in [2.75, 3.05) is 13.1 Å². The molecule has 1 fully saturated rings. The minimum absolute atomic E-state index is 0. The summed E-state index contributed by atoms with van der Waals surface area (Å²) in [6.45, 7) is 8.42. The molecule has 118 valence electrons. The molecule has 0 aliphatic carbocycles. The first-order valence-corrected chi connectivity index (χ1v) is 7.54. The first-order chi connectivity index (χ1) is 9.48. The van der Waals surface area contributed by atoms with E-state index in [2.05, 4.69) is 43.5 Å². The summed E-state index contributed by atoms with van der Waals surface area (Å²) in [6, 6.07) is 10.3. The van der Waals surface area contributed by atoms with Crippen LogP contribution in [-0.2, 0) is 4.79 Å². The van der Waals surface area contributed by atoms with Crippen molar-refractivity contribution in [3.05, 3.63) is 35.9 Å². The molecule has 1 aliphatic rings. The molecular weight excluding hydrogens is 284 g/mol. The van der Waals surface area contributed by atoms with Crippen LogP contribution in [0.25, 0.3) is 0 Å². The van der Waals surface area contributed by atoms with Gasteiger partial charge >= 0.3 is 0 Å². The quantitative estimate of drug-likeness (QED) is 0.899. The lowest BCUT2D eigenvalue weighted by molar-refractivity contribution is -0.127. The second-order valence-electron chi connectivity index (χ2n) is 6.74. The number of carbonyl (C=O) groups excluding carboxylic acids is 1. The number of carbonyl (C=O) groups is 1. The highest BCUT2D eigenvalue weighted by Crippen LogP contribution is 2.33. The summed E-state index contributed by atoms with van der Waals surface area (Å²) in [5.41, 5.74) is 1.19. The van der Waals surface area contributed by atoms with Gasteiger partial charge in [0.2, 0.25) is 5.91 Å². The van der Waals surface area contributed by atoms with Crippen LogP contribution in [0, 0.1) is 11.3 Å². The lowest BCUT2D eigenvalue weighted by Gasteiger charge is -2.34. The van der Waals surface area contributed by atoms with E-state index in [4.69, 9.17) is 0 Å². The number of hydrogen-bond donors (Lipinski definition) is 2. The number of benzene rings is 1. The summed E-state index contributed by atoms with van der Waals surface area (Å²) in [7, 11) is 0. The van der Waals surface area contributed by atoms with Crippen molar-refractivity contribution in [3.63, 3.8) is 0 Å². The molecule has 1 amide bonds. The van der Waals surface area contributed by atoms with Crippen LogP contribution in [0.5, 0.6) is 0 Å². The predicted octanol–water partition coefficient (Wildman–Crippen LogP) is 3.31. The maximum absolute atomic E-state index is 12.5. The molecule has 1 aliphatic heterocycles. The maximum atomic E-state index is 12.5. The van der Waals surface area contributed by atoms with Crippen LogP contribution >= 0.6 is 12.4 Å². The van der Waals surface area contributed by atoms with Gasteiger partial charge in [0, 0.05) is 5.92 Å². The summed E-state index contributed by atoms with van der Waals surface area (Å²) >= 11 is 0. The van der Waals surface area contributed by atoms with E-state index < -0.39 is 0 Å². The van der Waals surface area contributed by atoms with Gasteiger partial charge in [-0.2, -0.15) is 0 Å². The number of nitrogens with one attached hydrogen (secondary N) is 2. The van der Waals surface area contributed by atoms with Gasteiger partial charge in [0.15, 0.2) is 0 Å². The minimum atomic E-state index is 0. The van der Waals surface area contributed by atoms with E-state index in [1.807, 2.05) is 18.2 Å². The molecule has 0 spiro atoms. The molecule has 0 aromatic heterocycles. The molecule has 0 bridgehead atoms. The predicted molar refractivity (Wildman–Crippen MR) is 89.6 cm³/mol. The first-order valence-electron chi connectivity index (χ1n) is 7.54. The summed E-state index contributed by atoms with van der Waals surface area (Å²) in [5, 5.41) is 6.58. The molecule has 1 saturated heterocycles. The van der Waals surface area contributed by atoms with Crippen LogP contribution in [0.1, 0.15) is 45.2 Å². The topological polar surface area (TPSA) is 41.1 Å². The molecule has 0 radical (unpaired) electrons. The van der Waals surface area contributed by atoms with E-state index in [1.165, 1.54) is 5.56 Å². The average Bonchev–Trinajstić information content (AvgIpc) is 2.45. The van der Waals surface area contributed by atoms with Gasteiger partial charge in [0.1, 0.15) is 0 Å². The van der Waals surface area contributed by atoms with Gasteiger partial charge in [0.25, 0.3) is 0 Å². The maximum Gasteiger partial charge on any atom is 0.223 e. The van der Waals surface area contributed by atoms with E-state index in [9.17, 15) is 4.79 Å². The van der Waals surface area contributed by atoms with Gasteiger partial charge in [-0.05, 0) is 36.9 Å². The summed E-state index contributed by atoms with van der Waals surface area (Å²) in [5.74, 6) is 0.361. The Morgan fingerprint density at radius 2 is 1.76 bits per heavy atom. The molecule has 21 heavy (non-hydrogen) atoms. The Bertz CT molecular complexity index is 436. The van der Waals surface area contributed by atoms with Crippen LogP contribution in [0.4, 0.5) is 0 Å². The largest absolute Gasteiger partial charge is 0.349 e. The molecule has 1 aromatic rings. The van der Waals surface area contributed by atoms with E-state index in [0.29, 0.717) is 0 Å². The van der Waals surface area contributed by atoms with E-state index in [0.717, 1.165) is 25.9 Å². The fourth-order valence-electron chi connectivity index (χ4n) is 2.79. The Kier molecular flexibility index (Phi) is 6.69. The molecule has 1 atom stereocenters. The monoisotopic (exact) mass is 310 g/mol. The molecule has 1 unspecified atom stereocenters. The van der Waals surface area contributed by atoms with Gasteiger partial charge in [-0.1, -0.05) is 51.1 Å². The molecule has 2 N–H and O–H groups in total. The lowest BCUT2D eigenvalue weighted by atomic mass is 9.81. The zero-order valence-electron chi connectivity index (χ0n) is 13.2. The van der Waals surface area contributed by atoms with E-state index >= 15 is 0 Å². The van der Waals surface area contributed by atoms with E-state index in [1.54, 1.807) is 0 Å². The van der Waals surface area contributed by atoms with Crippen LogP contribution in [0.3, 0.4) is 0 Å². The Labute approximate surface area is 134 Å². The zero-order chi connectivity index (χ0) is 14.6. The molecule has 1 aromatic carbocycles. The smallest absolute Gasteiger partial charge is 0.223 e. The van der Waals surface area contributed by atoms with Crippen LogP contribution < -0.4 is 10.6 Å². The van der Waals surface area contributed by atoms with Crippen LogP contribution in [0.2, 0.25) is 0 Å². The van der Waals surface area contributed by atoms with Gasteiger partial charge in [-0.25, -0.2) is 0 Å². The number of hydrogen-bond acceptors (Lipinski definition) is 2. The second kappa shape index (κ2) is 7.81. The molecule has 4 heteroatoms. The normalized spacial score (nSPS) is 17.7. The van der Waals surface area contributed by atoms with Gasteiger partial charge in [-0.15, -0.1) is 12.4 Å². The zero-order valence-corrected chi connectivity index (χ0v) is 14.0. The van der Waals surface area contributed by atoms with Crippen molar-refractivity contribution < 1.29 is 4.79 Å². The molecule has 0 saturated carbocycles. The number of piperidine rings is 1. The van der Waals surface area contributed by atoms with Crippen LogP contribution in [-0.4, -0.2) is 19.0 Å². The third kappa shape index (κ3) is 5.01. The summed E-state index contributed by atoms with van der Waals surface area (Å²) in [6.07, 6.45) is 1.88. The van der Waals surface area contributed by atoms with E-state index in [-0.39, 0.29) is 35.7 Å². The summed E-state index contributed by atoms with van der Waals surface area (Å²) < 4.78 is 0. The molecule has 3 nitrogen and oxygen atoms in total. The Balaban J connectivity index is 0.00000220. The molecule has 1 heterocycles. The third-order valence-electron chi connectivity index (χ3n) is 4.00. The van der Waals surface area contributed by atoms with Crippen molar-refractivity contribution in [2.45, 2.75) is 39.7 Å². The molecular formula is C17H27ClN2O. The van der Waals surface area contributed by atoms with Crippen molar-refractivity contribution in [3.8, 4) is 0 Å². The molecule has 2 rings (SSSR count). The third-order valence-corrected chi connectivity index (χ3v) is 4.00. The average molecular weight is 311 g/mol. The van der Waals surface area contributed by atoms with Crippen molar-refractivity contribution in [1.29, 1.82) is 0 Å². The Morgan fingerprint density at radius 1 is 1.19 bits per heavy atom. The van der Waals surface area contributed by atoms with Gasteiger partial charge in [-0.3, -0.25) is 4.79 Å². The Hall–Kier alpha value is -1.06. The van der Waals surface area contributed by atoms with Crippen LogP contribution in [0.15, 0.2) is 30.3 Å². The SMILES string of the molecule is CC(C)(C)C(NC(=O)C1CCNCC1)c1ccccc1.Cl. The highest BCUT2D eigenvalue weighted by Gasteiger charge is 2.30. The lowest BCUT2D eigenvalue weighted by Crippen LogP contribution is -2.43. The standard InChI is InChI=1S/C17H26N2O.ClH/c1-17(2,3)15(13-7-5-4-6-8-13)19-16(20)14-9-11-18-12-10-14;/h4-8,14-15,18H,9-12H2,1-3H3,(H,19,20);1H. The highest BCUT2D eigenvalue weighted by atomic mass is 35.5. The first kappa shape index (κ1) is 18.0. The number of rotatable bonds is 3. The second-order valence-corrected chi connectivity index (χ2v) is 6.74. The fourth-order valence-corrected chi connectivity index (χ4v) is 2.79. The van der Waals surface area contributed by atoms with Gasteiger partial charge < -0.3 is 10.6 Å². The van der Waals surface area contributed by atoms with Crippen molar-refractivity contribution in [2.24, 2.45) is 11.3 Å². The minimum Gasteiger partial charge on any atom is -0.349 e. The Morgan fingerprint density at radius 3 is 2.29 bits per heavy atom.